The fourth-order valence-corrected chi connectivity index (χ4v) is 9.39. The molecule has 0 aromatic heterocycles. The molecule has 4 N–H and O–H groups in total. The largest absolute Gasteiger partial charge is 0.307 e. The van der Waals surface area contributed by atoms with E-state index in [-0.39, 0.29) is 24.2 Å². The highest BCUT2D eigenvalue weighted by Gasteiger charge is 2.34. The first-order chi connectivity index (χ1) is 25.7. The molecule has 8 atom stereocenters. The van der Waals surface area contributed by atoms with Crippen LogP contribution in [0.2, 0.25) is 0 Å². The van der Waals surface area contributed by atoms with Gasteiger partial charge in [-0.2, -0.15) is 0 Å². The molecule has 8 rings (SSSR count). The third-order valence-corrected chi connectivity index (χ3v) is 12.2. The van der Waals surface area contributed by atoms with Crippen LogP contribution in [0.4, 0.5) is 0 Å². The third-order valence-electron chi connectivity index (χ3n) is 12.2. The Labute approximate surface area is 311 Å². The van der Waals surface area contributed by atoms with Crippen LogP contribution in [-0.4, -0.2) is 99.5 Å². The minimum atomic E-state index is 0.0161. The van der Waals surface area contributed by atoms with Crippen molar-refractivity contribution in [1.29, 1.82) is 0 Å². The minimum absolute atomic E-state index is 0.0161. The van der Waals surface area contributed by atoms with E-state index in [1.807, 2.05) is 36.4 Å². The summed E-state index contributed by atoms with van der Waals surface area (Å²) in [4.78, 5) is 45.5. The summed E-state index contributed by atoms with van der Waals surface area (Å²) in [6.45, 7) is 6.33. The van der Waals surface area contributed by atoms with Crippen LogP contribution in [0, 0.1) is 11.8 Å². The van der Waals surface area contributed by atoms with E-state index in [4.69, 9.17) is 0 Å². The molecule has 6 aliphatic rings. The van der Waals surface area contributed by atoms with Gasteiger partial charge in [0.1, 0.15) is 25.1 Å². The number of piperidine rings is 1. The van der Waals surface area contributed by atoms with E-state index in [1.165, 1.54) is 82.0 Å². The first-order valence-electron chi connectivity index (χ1n) is 20.3. The molecule has 6 fully saturated rings. The summed E-state index contributed by atoms with van der Waals surface area (Å²) in [5.41, 5.74) is 2.54. The van der Waals surface area contributed by atoms with Crippen LogP contribution in [0.3, 0.4) is 0 Å². The van der Waals surface area contributed by atoms with Gasteiger partial charge in [0.25, 0.3) is 0 Å². The van der Waals surface area contributed by atoms with Crippen LogP contribution >= 0.6 is 0 Å². The Bertz CT molecular complexity index is 1220. The number of aldehydes is 4. The van der Waals surface area contributed by atoms with Crippen molar-refractivity contribution in [2.45, 2.75) is 119 Å². The molecule has 0 radical (unpaired) electrons. The van der Waals surface area contributed by atoms with Gasteiger partial charge in [-0.25, -0.2) is 0 Å². The number of carbonyl (C=O) groups excluding carboxylic acids is 4. The van der Waals surface area contributed by atoms with E-state index in [2.05, 4.69) is 50.4 Å². The molecule has 1 saturated carbocycles. The lowest BCUT2D eigenvalue weighted by Gasteiger charge is -2.33. The Hall–Kier alpha value is -3.08. The smallest absolute Gasteiger partial charge is 0.138 e. The molecule has 52 heavy (non-hydrogen) atoms. The van der Waals surface area contributed by atoms with Crippen LogP contribution < -0.4 is 21.3 Å². The highest BCUT2D eigenvalue weighted by Crippen LogP contribution is 2.35. The van der Waals surface area contributed by atoms with Gasteiger partial charge in [-0.1, -0.05) is 99.2 Å². The number of benzene rings is 2. The number of hydrogen-bond acceptors (Lipinski definition) is 9. The molecule has 0 spiro atoms. The molecular formula is C43H63N5O4. The second-order valence-electron chi connectivity index (χ2n) is 15.4. The summed E-state index contributed by atoms with van der Waals surface area (Å²) in [5.74, 6) is 2.23. The van der Waals surface area contributed by atoms with Gasteiger partial charge in [0.15, 0.2) is 0 Å². The standard InChI is InChI=1S/C11H19NO.2C11H13NO.C10H18N2O/c3*13-8-11-10(6-7-12-11)9-4-2-1-3-5-9;13-8-9-10(4-5-11-9)12-6-2-1-3-7-12/h8-12H,1-7H2;2*1-5,8,10-12H,6-7H2;8-11H,1-7H2/t2*10-,11+;10-,11-;9-,10-/m0011/s1. The topological polar surface area (TPSA) is 120 Å². The van der Waals surface area contributed by atoms with Crippen molar-refractivity contribution >= 4 is 25.1 Å². The average molecular weight is 714 g/mol. The van der Waals surface area contributed by atoms with Crippen LogP contribution in [0.5, 0.6) is 0 Å². The van der Waals surface area contributed by atoms with Crippen molar-refractivity contribution in [1.82, 2.24) is 26.2 Å². The number of likely N-dealkylation sites (tertiary alicyclic amines) is 1. The van der Waals surface area contributed by atoms with Crippen LogP contribution in [0.1, 0.15) is 100 Å². The van der Waals surface area contributed by atoms with Crippen molar-refractivity contribution in [2.75, 3.05) is 39.3 Å². The molecule has 2 aromatic carbocycles. The second kappa shape index (κ2) is 22.2. The van der Waals surface area contributed by atoms with Crippen LogP contribution in [0.25, 0.3) is 0 Å². The monoisotopic (exact) mass is 713 g/mol. The van der Waals surface area contributed by atoms with Gasteiger partial charge >= 0.3 is 0 Å². The van der Waals surface area contributed by atoms with Crippen LogP contribution in [-0.2, 0) is 19.2 Å². The minimum Gasteiger partial charge on any atom is -0.307 e. The van der Waals surface area contributed by atoms with Gasteiger partial charge in [-0.15, -0.1) is 0 Å². The fraction of sp³-hybridized carbons (Fsp3) is 0.628. The Morgan fingerprint density at radius 2 is 0.904 bits per heavy atom. The molecule has 1 aliphatic carbocycles. The van der Waals surface area contributed by atoms with Crippen molar-refractivity contribution in [3.05, 3.63) is 71.8 Å². The maximum Gasteiger partial charge on any atom is 0.138 e. The number of nitrogens with zero attached hydrogens (tertiary/aromatic N) is 1. The summed E-state index contributed by atoms with van der Waals surface area (Å²) >= 11 is 0. The summed E-state index contributed by atoms with van der Waals surface area (Å²) < 4.78 is 0. The van der Waals surface area contributed by atoms with E-state index >= 15 is 0 Å². The Morgan fingerprint density at radius 1 is 0.462 bits per heavy atom. The summed E-state index contributed by atoms with van der Waals surface area (Å²) in [5, 5.41) is 12.9. The van der Waals surface area contributed by atoms with Crippen molar-refractivity contribution < 1.29 is 19.2 Å². The second-order valence-corrected chi connectivity index (χ2v) is 15.4. The van der Waals surface area contributed by atoms with Gasteiger partial charge in [-0.05, 0) is 101 Å². The zero-order valence-corrected chi connectivity index (χ0v) is 31.1. The van der Waals surface area contributed by atoms with E-state index in [0.29, 0.717) is 23.8 Å². The molecule has 284 valence electrons. The molecule has 0 amide bonds. The first-order valence-corrected chi connectivity index (χ1v) is 20.3. The Kier molecular flexibility index (Phi) is 17.1. The summed E-state index contributed by atoms with van der Waals surface area (Å²) in [6, 6.07) is 21.2. The molecule has 0 bridgehead atoms. The number of nitrogens with one attached hydrogen (secondary N) is 4. The zero-order valence-electron chi connectivity index (χ0n) is 31.1. The van der Waals surface area contributed by atoms with Crippen LogP contribution in [0.15, 0.2) is 60.7 Å². The molecule has 5 heterocycles. The quantitative estimate of drug-likeness (QED) is 0.286. The van der Waals surface area contributed by atoms with Gasteiger partial charge in [-0.3, -0.25) is 4.90 Å². The van der Waals surface area contributed by atoms with E-state index in [1.54, 1.807) is 0 Å². The lowest BCUT2D eigenvalue weighted by molar-refractivity contribution is -0.111. The maximum absolute atomic E-state index is 10.8. The van der Waals surface area contributed by atoms with Crippen molar-refractivity contribution in [3.8, 4) is 0 Å². The molecule has 0 unspecified atom stereocenters. The number of rotatable bonds is 8. The average Bonchev–Trinajstić information content (AvgIpc) is 4.07. The predicted molar refractivity (Wildman–Crippen MR) is 208 cm³/mol. The number of hydrogen-bond donors (Lipinski definition) is 4. The Balaban J connectivity index is 0.000000134. The molecule has 9 heteroatoms. The van der Waals surface area contributed by atoms with Gasteiger partial charge < -0.3 is 40.4 Å². The zero-order chi connectivity index (χ0) is 36.4. The van der Waals surface area contributed by atoms with Gasteiger partial charge in [0, 0.05) is 17.9 Å². The predicted octanol–water partition coefficient (Wildman–Crippen LogP) is 4.81. The fourth-order valence-electron chi connectivity index (χ4n) is 9.39. The maximum atomic E-state index is 10.8. The highest BCUT2D eigenvalue weighted by molar-refractivity contribution is 5.62. The molecule has 2 aromatic rings. The molecular weight excluding hydrogens is 651 g/mol. The lowest BCUT2D eigenvalue weighted by atomic mass is 9.77. The van der Waals surface area contributed by atoms with E-state index < -0.39 is 0 Å². The molecule has 9 nitrogen and oxygen atoms in total. The Morgan fingerprint density at radius 3 is 1.42 bits per heavy atom. The normalized spacial score (nSPS) is 31.8. The summed E-state index contributed by atoms with van der Waals surface area (Å²) in [7, 11) is 0. The lowest BCUT2D eigenvalue weighted by Crippen LogP contribution is -2.46. The third kappa shape index (κ3) is 11.5. The van der Waals surface area contributed by atoms with Crippen molar-refractivity contribution in [2.24, 2.45) is 11.8 Å². The molecule has 5 saturated heterocycles. The van der Waals surface area contributed by atoms with Gasteiger partial charge in [0.2, 0.25) is 0 Å². The van der Waals surface area contributed by atoms with E-state index in [0.717, 1.165) is 76.5 Å². The highest BCUT2D eigenvalue weighted by atomic mass is 16.1. The van der Waals surface area contributed by atoms with E-state index in [9.17, 15) is 19.2 Å². The first kappa shape index (κ1) is 40.1. The summed E-state index contributed by atoms with van der Waals surface area (Å²) in [6.07, 6.45) is 19.6. The molecule has 5 aliphatic heterocycles. The number of carbonyl (C=O) groups is 4. The SMILES string of the molecule is O=C[C@H]1NCC[C@@H]1c1ccccc1.O=C[C@H]1NCC[C@H]1C1CCCCC1.O=C[C@H]1NCC[C@H]1N1CCCCC1.O=C[C@H]1NCC[C@H]1c1ccccc1. The van der Waals surface area contributed by atoms with Gasteiger partial charge in [0.05, 0.1) is 24.2 Å². The van der Waals surface area contributed by atoms with Crippen molar-refractivity contribution in [3.63, 3.8) is 0 Å².